The first-order valence-electron chi connectivity index (χ1n) is 12.9. The van der Waals surface area contributed by atoms with Crippen LogP contribution in [0.25, 0.3) is 5.65 Å². The van der Waals surface area contributed by atoms with Gasteiger partial charge < -0.3 is 24.6 Å². The number of hydrogen-bond donors (Lipinski definition) is 1. The maximum atomic E-state index is 13.9. The molecule has 12 nitrogen and oxygen atoms in total. The van der Waals surface area contributed by atoms with Gasteiger partial charge in [0.2, 0.25) is 0 Å². The zero-order valence-electron chi connectivity index (χ0n) is 22.1. The van der Waals surface area contributed by atoms with E-state index >= 15 is 0 Å². The number of ether oxygens (including phenoxy) is 2. The summed E-state index contributed by atoms with van der Waals surface area (Å²) >= 11 is 0. The van der Waals surface area contributed by atoms with Crippen LogP contribution >= 0.6 is 0 Å². The average Bonchev–Trinajstić information content (AvgIpc) is 3.52. The first kappa shape index (κ1) is 26.8. The Labute approximate surface area is 223 Å². The lowest BCUT2D eigenvalue weighted by Crippen LogP contribution is -2.42. The van der Waals surface area contributed by atoms with E-state index in [4.69, 9.17) is 9.47 Å². The van der Waals surface area contributed by atoms with Gasteiger partial charge in [0.15, 0.2) is 11.3 Å². The summed E-state index contributed by atoms with van der Waals surface area (Å²) in [5, 5.41) is 10.9. The molecule has 1 N–H and O–H groups in total. The molecule has 0 atom stereocenters. The first-order valence-corrected chi connectivity index (χ1v) is 12.9. The van der Waals surface area contributed by atoms with Gasteiger partial charge >= 0.3 is 6.09 Å². The normalized spacial score (nSPS) is 17.2. The molecule has 210 valence electrons. The molecule has 5 rings (SSSR count). The van der Waals surface area contributed by atoms with E-state index in [1.54, 1.807) is 37.9 Å². The van der Waals surface area contributed by atoms with E-state index in [1.165, 1.54) is 21.6 Å². The van der Waals surface area contributed by atoms with Crippen LogP contribution in [-0.4, -0.2) is 86.3 Å². The first-order chi connectivity index (χ1) is 18.6. The third kappa shape index (κ3) is 5.95. The number of nitrogens with zero attached hydrogens (tertiary/aromatic N) is 7. The Kier molecular flexibility index (Phi) is 7.38. The molecule has 0 spiro atoms. The van der Waals surface area contributed by atoms with Crippen LogP contribution in [0.4, 0.5) is 25.1 Å². The summed E-state index contributed by atoms with van der Waals surface area (Å²) in [6.07, 6.45) is 2.22. The molecule has 3 aromatic heterocycles. The highest BCUT2D eigenvalue weighted by Gasteiger charge is 2.30. The van der Waals surface area contributed by atoms with Gasteiger partial charge in [0.05, 0.1) is 31.1 Å². The lowest BCUT2D eigenvalue weighted by molar-refractivity contribution is 0.0184. The van der Waals surface area contributed by atoms with E-state index in [9.17, 15) is 18.4 Å². The Morgan fingerprint density at radius 2 is 1.87 bits per heavy atom. The van der Waals surface area contributed by atoms with Crippen LogP contribution in [0.1, 0.15) is 62.1 Å². The van der Waals surface area contributed by atoms with E-state index in [0.29, 0.717) is 63.7 Å². The number of aromatic nitrogens is 5. The summed E-state index contributed by atoms with van der Waals surface area (Å²) in [6.45, 7) is 8.73. The van der Waals surface area contributed by atoms with Crippen molar-refractivity contribution in [3.8, 4) is 0 Å². The van der Waals surface area contributed by atoms with Gasteiger partial charge in [-0.25, -0.2) is 23.1 Å². The van der Waals surface area contributed by atoms with Crippen molar-refractivity contribution >= 4 is 29.2 Å². The van der Waals surface area contributed by atoms with Crippen molar-refractivity contribution in [2.45, 2.75) is 51.7 Å². The van der Waals surface area contributed by atoms with Gasteiger partial charge in [-0.3, -0.25) is 9.48 Å². The number of alkyl halides is 2. The van der Waals surface area contributed by atoms with E-state index in [2.05, 4.69) is 20.5 Å². The van der Waals surface area contributed by atoms with E-state index in [-0.39, 0.29) is 17.3 Å². The lowest BCUT2D eigenvalue weighted by Gasteiger charge is -2.33. The van der Waals surface area contributed by atoms with Gasteiger partial charge in [-0.2, -0.15) is 10.2 Å². The predicted molar refractivity (Wildman–Crippen MR) is 137 cm³/mol. The molecular weight excluding hydrogens is 514 g/mol. The van der Waals surface area contributed by atoms with Gasteiger partial charge in [-0.15, -0.1) is 0 Å². The molecule has 0 saturated carbocycles. The van der Waals surface area contributed by atoms with Crippen LogP contribution in [0.2, 0.25) is 0 Å². The number of likely N-dealkylation sites (tertiary alicyclic amines) is 1. The smallest absolute Gasteiger partial charge is 0.410 e. The van der Waals surface area contributed by atoms with Crippen molar-refractivity contribution in [3.63, 3.8) is 0 Å². The summed E-state index contributed by atoms with van der Waals surface area (Å²) in [6, 6.07) is 1.60. The number of amides is 2. The van der Waals surface area contributed by atoms with Crippen molar-refractivity contribution in [3.05, 3.63) is 35.9 Å². The number of hydrogen-bond acceptors (Lipinski definition) is 8. The lowest BCUT2D eigenvalue weighted by atomic mass is 10.1. The Morgan fingerprint density at radius 3 is 2.54 bits per heavy atom. The number of rotatable bonds is 5. The molecule has 2 aliphatic rings. The van der Waals surface area contributed by atoms with Gasteiger partial charge in [0.25, 0.3) is 12.3 Å². The van der Waals surface area contributed by atoms with Crippen LogP contribution in [-0.2, 0) is 9.47 Å². The van der Waals surface area contributed by atoms with Crippen molar-refractivity contribution in [2.24, 2.45) is 0 Å². The highest BCUT2D eigenvalue weighted by Crippen LogP contribution is 2.31. The number of carbonyl (C=O) groups is 2. The van der Waals surface area contributed by atoms with Crippen LogP contribution in [0.5, 0.6) is 0 Å². The second-order valence-corrected chi connectivity index (χ2v) is 10.6. The summed E-state index contributed by atoms with van der Waals surface area (Å²) < 4.78 is 41.5. The average molecular weight is 547 g/mol. The second-order valence-electron chi connectivity index (χ2n) is 10.6. The van der Waals surface area contributed by atoms with Crippen LogP contribution < -0.4 is 10.2 Å². The minimum Gasteiger partial charge on any atom is -0.444 e. The van der Waals surface area contributed by atoms with Gasteiger partial charge in [0, 0.05) is 38.6 Å². The maximum absolute atomic E-state index is 13.9. The Morgan fingerprint density at radius 1 is 1.15 bits per heavy atom. The van der Waals surface area contributed by atoms with E-state index in [1.807, 2.05) is 4.90 Å². The molecule has 5 heterocycles. The third-order valence-corrected chi connectivity index (χ3v) is 6.64. The molecular formula is C25H32F2N8O4. The van der Waals surface area contributed by atoms with Gasteiger partial charge in [-0.05, 0) is 39.7 Å². The Balaban J connectivity index is 1.30. The molecule has 39 heavy (non-hydrogen) atoms. The quantitative estimate of drug-likeness (QED) is 0.516. The van der Waals surface area contributed by atoms with E-state index in [0.717, 1.165) is 0 Å². The van der Waals surface area contributed by atoms with Crippen molar-refractivity contribution in [1.82, 2.24) is 29.3 Å². The molecule has 0 bridgehead atoms. The standard InChI is InChI=1S/C25H32F2N8O4/c1-25(2,3)39-24(37)33-7-4-16(5-8-33)35-15-18(20(31-35)21(26)27)29-23(36)17-14-28-34-9-6-19(30-22(17)34)32-10-12-38-13-11-32/h6,9,14-16,21H,4-5,7-8,10-13H2,1-3H3,(H,29,36). The van der Waals surface area contributed by atoms with Crippen molar-refractivity contribution in [2.75, 3.05) is 49.6 Å². The zero-order chi connectivity index (χ0) is 27.7. The molecule has 3 aromatic rings. The molecule has 0 aromatic carbocycles. The Bertz CT molecular complexity index is 1340. The molecule has 0 aliphatic carbocycles. The fourth-order valence-electron chi connectivity index (χ4n) is 4.67. The molecule has 2 saturated heterocycles. The van der Waals surface area contributed by atoms with Gasteiger partial charge in [0.1, 0.15) is 17.0 Å². The number of morpholine rings is 1. The summed E-state index contributed by atoms with van der Waals surface area (Å²) in [5.41, 5.74) is -0.721. The van der Waals surface area contributed by atoms with Crippen molar-refractivity contribution in [1.29, 1.82) is 0 Å². The number of carbonyl (C=O) groups excluding carboxylic acids is 2. The molecule has 2 fully saturated rings. The monoisotopic (exact) mass is 546 g/mol. The van der Waals surface area contributed by atoms with Crippen LogP contribution in [0, 0.1) is 0 Å². The van der Waals surface area contributed by atoms with Crippen molar-refractivity contribution < 1.29 is 27.8 Å². The largest absolute Gasteiger partial charge is 0.444 e. The van der Waals surface area contributed by atoms with Crippen LogP contribution in [0.15, 0.2) is 24.7 Å². The number of anilines is 2. The zero-order valence-corrected chi connectivity index (χ0v) is 22.1. The summed E-state index contributed by atoms with van der Waals surface area (Å²) in [4.78, 5) is 33.8. The topological polar surface area (TPSA) is 119 Å². The SMILES string of the molecule is CC(C)(C)OC(=O)N1CCC(n2cc(NC(=O)c3cnn4ccc(N5CCOCC5)nc34)c(C(F)F)n2)CC1. The van der Waals surface area contributed by atoms with Gasteiger partial charge in [-0.1, -0.05) is 0 Å². The molecule has 0 unspecified atom stereocenters. The summed E-state index contributed by atoms with van der Waals surface area (Å²) in [5.74, 6) is 0.0667. The minimum atomic E-state index is -2.89. The number of fused-ring (bicyclic) bond motifs is 1. The molecule has 0 radical (unpaired) electrons. The van der Waals surface area contributed by atoms with Crippen LogP contribution in [0.3, 0.4) is 0 Å². The number of nitrogens with one attached hydrogen (secondary N) is 1. The Hall–Kier alpha value is -3.81. The van der Waals surface area contributed by atoms with E-state index < -0.39 is 29.7 Å². The maximum Gasteiger partial charge on any atom is 0.410 e. The molecule has 2 amide bonds. The second kappa shape index (κ2) is 10.8. The fourth-order valence-corrected chi connectivity index (χ4v) is 4.67. The number of piperidine rings is 1. The molecule has 14 heteroatoms. The third-order valence-electron chi connectivity index (χ3n) is 6.64. The summed E-state index contributed by atoms with van der Waals surface area (Å²) in [7, 11) is 0. The minimum absolute atomic E-state index is 0.0757. The fraction of sp³-hybridized carbons (Fsp3) is 0.560. The highest BCUT2D eigenvalue weighted by atomic mass is 19.3. The molecule has 2 aliphatic heterocycles. The highest BCUT2D eigenvalue weighted by molar-refractivity contribution is 6.08. The number of halogens is 2. The predicted octanol–water partition coefficient (Wildman–Crippen LogP) is 3.52.